The van der Waals surface area contributed by atoms with E-state index >= 15 is 0 Å². The lowest BCUT2D eigenvalue weighted by molar-refractivity contribution is 0.143. The van der Waals surface area contributed by atoms with Crippen molar-refractivity contribution in [2.45, 2.75) is 31.0 Å². The fraction of sp³-hybridized carbons (Fsp3) is 0.385. The molecule has 0 atom stereocenters. The Kier molecular flexibility index (Phi) is 3.54. The van der Waals surface area contributed by atoms with Gasteiger partial charge in [0.25, 0.3) is 0 Å². The molecule has 3 rings (SSSR count). The highest BCUT2D eigenvalue weighted by Gasteiger charge is 2.27. The van der Waals surface area contributed by atoms with Crippen molar-refractivity contribution in [1.29, 1.82) is 0 Å². The fourth-order valence-corrected chi connectivity index (χ4v) is 2.63. The minimum Gasteiger partial charge on any atom is -0.449 e. The molecule has 7 nitrogen and oxygen atoms in total. The summed E-state index contributed by atoms with van der Waals surface area (Å²) in [4.78, 5) is 31.5. The third-order valence-electron chi connectivity index (χ3n) is 3.13. The maximum absolute atomic E-state index is 12.2. The second-order valence-electron chi connectivity index (χ2n) is 4.65. The third-order valence-corrected chi connectivity index (χ3v) is 3.87. The number of pyridine rings is 1. The first-order valence-corrected chi connectivity index (χ1v) is 7.54. The molecule has 1 aliphatic carbocycles. The first kappa shape index (κ1) is 13.9. The topological polar surface area (TPSA) is 94.3 Å². The van der Waals surface area contributed by atoms with Gasteiger partial charge in [-0.05, 0) is 18.6 Å². The molecule has 110 valence electrons. The molecule has 2 aromatic rings. The van der Waals surface area contributed by atoms with Crippen LogP contribution >= 0.6 is 11.8 Å². The van der Waals surface area contributed by atoms with Crippen LogP contribution < -0.4 is 10.2 Å². The van der Waals surface area contributed by atoms with Crippen LogP contribution in [0.5, 0.6) is 5.75 Å². The lowest BCUT2D eigenvalue weighted by Gasteiger charge is -2.11. The van der Waals surface area contributed by atoms with Crippen LogP contribution in [-0.4, -0.2) is 31.5 Å². The lowest BCUT2D eigenvalue weighted by Crippen LogP contribution is -2.17. The number of nitrogens with zero attached hydrogens (tertiary/aromatic N) is 3. The summed E-state index contributed by atoms with van der Waals surface area (Å²) in [5.41, 5.74) is 0.0311. The molecule has 2 heterocycles. The third kappa shape index (κ3) is 2.71. The minimum atomic E-state index is -1.51. The molecule has 2 aromatic heterocycles. The molecule has 1 fully saturated rings. The highest BCUT2D eigenvalue weighted by molar-refractivity contribution is 7.99. The number of carbonyl (C=O) groups is 1. The van der Waals surface area contributed by atoms with Crippen molar-refractivity contribution >= 4 is 29.0 Å². The zero-order chi connectivity index (χ0) is 15.0. The van der Waals surface area contributed by atoms with E-state index in [9.17, 15) is 9.59 Å². The number of carboxylic acid groups (broad SMARTS) is 1. The van der Waals surface area contributed by atoms with Crippen LogP contribution in [0.2, 0.25) is 0 Å². The Labute approximate surface area is 124 Å². The van der Waals surface area contributed by atoms with Crippen LogP contribution in [0, 0.1) is 0 Å². The van der Waals surface area contributed by atoms with Gasteiger partial charge < -0.3 is 14.4 Å². The predicted octanol–water partition coefficient (Wildman–Crippen LogP) is 2.30. The number of fused-ring (bicyclic) bond motifs is 1. The van der Waals surface area contributed by atoms with Crippen LogP contribution in [0.15, 0.2) is 22.3 Å². The van der Waals surface area contributed by atoms with E-state index in [0.29, 0.717) is 10.8 Å². The fourth-order valence-electron chi connectivity index (χ4n) is 2.09. The average molecular weight is 307 g/mol. The highest BCUT2D eigenvalue weighted by atomic mass is 32.2. The zero-order valence-corrected chi connectivity index (χ0v) is 12.1. The van der Waals surface area contributed by atoms with Crippen molar-refractivity contribution in [2.24, 2.45) is 0 Å². The molecule has 1 aliphatic rings. The molecule has 0 saturated heterocycles. The second kappa shape index (κ2) is 5.36. The van der Waals surface area contributed by atoms with Crippen LogP contribution in [-0.2, 0) is 0 Å². The maximum atomic E-state index is 12.2. The molecule has 21 heavy (non-hydrogen) atoms. The summed E-state index contributed by atoms with van der Waals surface area (Å²) < 4.78 is 6.39. The summed E-state index contributed by atoms with van der Waals surface area (Å²) in [6.07, 6.45) is 3.32. The Balaban J connectivity index is 2.21. The molecule has 0 spiro atoms. The molecule has 0 radical (unpaired) electrons. The summed E-state index contributed by atoms with van der Waals surface area (Å²) in [7, 11) is 0. The van der Waals surface area contributed by atoms with Crippen molar-refractivity contribution in [2.75, 3.05) is 5.75 Å². The molecule has 1 saturated carbocycles. The largest absolute Gasteiger partial charge is 0.511 e. The van der Waals surface area contributed by atoms with Gasteiger partial charge in [-0.3, -0.25) is 4.79 Å². The van der Waals surface area contributed by atoms with E-state index in [4.69, 9.17) is 5.11 Å². The summed E-state index contributed by atoms with van der Waals surface area (Å²) >= 11 is 1.49. The van der Waals surface area contributed by atoms with Crippen molar-refractivity contribution in [3.05, 3.63) is 22.6 Å². The van der Waals surface area contributed by atoms with Gasteiger partial charge in [0.15, 0.2) is 10.9 Å². The standard InChI is InChI=1S/C13H13N3O4S/c1-2-21-12-14-5-8-10(17)9(20-13(18)19)6-16(7-3-4-7)11(8)15-12/h5-7H,2-4H2,1H3,(H,18,19). The van der Waals surface area contributed by atoms with E-state index in [1.54, 1.807) is 0 Å². The van der Waals surface area contributed by atoms with Crippen LogP contribution in [0.4, 0.5) is 4.79 Å². The smallest absolute Gasteiger partial charge is 0.449 e. The Hall–Kier alpha value is -2.09. The van der Waals surface area contributed by atoms with Crippen molar-refractivity contribution < 1.29 is 14.6 Å². The Morgan fingerprint density at radius 3 is 2.95 bits per heavy atom. The molecule has 0 aromatic carbocycles. The number of thioether (sulfide) groups is 1. The molecular formula is C13H13N3O4S. The van der Waals surface area contributed by atoms with Crippen LogP contribution in [0.1, 0.15) is 25.8 Å². The summed E-state index contributed by atoms with van der Waals surface area (Å²) in [5, 5.41) is 9.60. The monoisotopic (exact) mass is 307 g/mol. The van der Waals surface area contributed by atoms with Crippen LogP contribution in [0.3, 0.4) is 0 Å². The van der Waals surface area contributed by atoms with Gasteiger partial charge in [-0.1, -0.05) is 18.7 Å². The molecule has 0 unspecified atom stereocenters. The van der Waals surface area contributed by atoms with Gasteiger partial charge in [0, 0.05) is 12.2 Å². The van der Waals surface area contributed by atoms with Crippen molar-refractivity contribution in [1.82, 2.24) is 14.5 Å². The van der Waals surface area contributed by atoms with Crippen molar-refractivity contribution in [3.8, 4) is 5.75 Å². The van der Waals surface area contributed by atoms with E-state index in [1.165, 1.54) is 24.2 Å². The van der Waals surface area contributed by atoms with Gasteiger partial charge in [-0.15, -0.1) is 0 Å². The van der Waals surface area contributed by atoms with E-state index in [2.05, 4.69) is 14.7 Å². The summed E-state index contributed by atoms with van der Waals surface area (Å²) in [5.74, 6) is 0.626. The van der Waals surface area contributed by atoms with E-state index < -0.39 is 11.6 Å². The van der Waals surface area contributed by atoms with E-state index in [-0.39, 0.29) is 17.2 Å². The van der Waals surface area contributed by atoms with E-state index in [1.807, 2.05) is 11.5 Å². The summed E-state index contributed by atoms with van der Waals surface area (Å²) in [6.45, 7) is 2.00. The first-order chi connectivity index (χ1) is 10.1. The average Bonchev–Trinajstić information content (AvgIpc) is 3.26. The zero-order valence-electron chi connectivity index (χ0n) is 11.3. The number of hydrogen-bond donors (Lipinski definition) is 1. The highest BCUT2D eigenvalue weighted by Crippen LogP contribution is 2.37. The molecule has 8 heteroatoms. The van der Waals surface area contributed by atoms with E-state index in [0.717, 1.165) is 18.6 Å². The molecular weight excluding hydrogens is 294 g/mol. The number of rotatable bonds is 4. The normalized spacial score (nSPS) is 14.3. The Morgan fingerprint density at radius 2 is 2.33 bits per heavy atom. The number of hydrogen-bond acceptors (Lipinski definition) is 6. The van der Waals surface area contributed by atoms with Crippen molar-refractivity contribution in [3.63, 3.8) is 0 Å². The van der Waals surface area contributed by atoms with Crippen LogP contribution in [0.25, 0.3) is 11.0 Å². The molecule has 0 aliphatic heterocycles. The second-order valence-corrected chi connectivity index (χ2v) is 5.88. The molecule has 1 N–H and O–H groups in total. The number of ether oxygens (including phenoxy) is 1. The van der Waals surface area contributed by atoms with Gasteiger partial charge >= 0.3 is 6.16 Å². The molecule has 0 bridgehead atoms. The predicted molar refractivity (Wildman–Crippen MR) is 77.1 cm³/mol. The lowest BCUT2D eigenvalue weighted by atomic mass is 10.3. The summed E-state index contributed by atoms with van der Waals surface area (Å²) in [6, 6.07) is 0.235. The maximum Gasteiger partial charge on any atom is 0.511 e. The first-order valence-electron chi connectivity index (χ1n) is 6.55. The SMILES string of the molecule is CCSc1ncc2c(=O)c(OC(=O)O)cn(C3CC3)c2n1. The number of aromatic nitrogens is 3. The van der Waals surface area contributed by atoms with Gasteiger partial charge in [0.1, 0.15) is 5.65 Å². The van der Waals surface area contributed by atoms with Gasteiger partial charge in [-0.2, -0.15) is 0 Å². The van der Waals surface area contributed by atoms with Gasteiger partial charge in [0.2, 0.25) is 5.43 Å². The van der Waals surface area contributed by atoms with Gasteiger partial charge in [-0.25, -0.2) is 14.8 Å². The Morgan fingerprint density at radius 1 is 1.57 bits per heavy atom. The minimum absolute atomic E-state index is 0.207. The quantitative estimate of drug-likeness (QED) is 0.526. The van der Waals surface area contributed by atoms with Gasteiger partial charge in [0.05, 0.1) is 11.6 Å². The molecule has 0 amide bonds. The Bertz CT molecular complexity index is 770.